The third-order valence-electron chi connectivity index (χ3n) is 4.51. The van der Waals surface area contributed by atoms with Gasteiger partial charge < -0.3 is 25.9 Å². The largest absolute Gasteiger partial charge is 0.506 e. The molecule has 0 saturated heterocycles. The van der Waals surface area contributed by atoms with Gasteiger partial charge in [0, 0.05) is 10.5 Å². The van der Waals surface area contributed by atoms with Crippen molar-refractivity contribution in [3.05, 3.63) is 74.2 Å². The lowest BCUT2D eigenvalue weighted by Crippen LogP contribution is -2.45. The summed E-state index contributed by atoms with van der Waals surface area (Å²) >= 11 is 12.8. The molecule has 13 heteroatoms. The molecule has 0 saturated carbocycles. The van der Waals surface area contributed by atoms with Crippen LogP contribution >= 0.6 is 35.0 Å². The molecule has 33 heavy (non-hydrogen) atoms. The van der Waals surface area contributed by atoms with Gasteiger partial charge in [-0.3, -0.25) is 4.99 Å². The van der Waals surface area contributed by atoms with Gasteiger partial charge in [0.15, 0.2) is 34.4 Å². The molecule has 0 amide bonds. The summed E-state index contributed by atoms with van der Waals surface area (Å²) in [7, 11) is 0. The highest BCUT2D eigenvalue weighted by atomic mass is 35.5. The number of nitrogens with zero attached hydrogens (tertiary/aromatic N) is 2. The van der Waals surface area contributed by atoms with Crippen LogP contribution in [0.5, 0.6) is 0 Å². The zero-order valence-electron chi connectivity index (χ0n) is 16.4. The molecule has 5 N–H and O–H groups in total. The van der Waals surface area contributed by atoms with Gasteiger partial charge in [-0.15, -0.1) is 0 Å². The second-order valence-electron chi connectivity index (χ2n) is 6.67. The normalized spacial score (nSPS) is 21.5. The van der Waals surface area contributed by atoms with E-state index in [9.17, 15) is 28.5 Å². The van der Waals surface area contributed by atoms with Gasteiger partial charge in [-0.25, -0.2) is 13.2 Å². The van der Waals surface area contributed by atoms with Crippen molar-refractivity contribution in [1.82, 2.24) is 0 Å². The Balaban J connectivity index is 1.93. The number of hydrazone groups is 1. The summed E-state index contributed by atoms with van der Waals surface area (Å²) in [5.41, 5.74) is -0.495. The molecule has 0 spiro atoms. The molecule has 0 aliphatic carbocycles. The van der Waals surface area contributed by atoms with Crippen molar-refractivity contribution in [1.29, 1.82) is 0 Å². The second-order valence-corrected chi connectivity index (χ2v) is 8.53. The molecule has 3 atom stereocenters. The fourth-order valence-corrected chi connectivity index (χ4v) is 4.10. The van der Waals surface area contributed by atoms with Crippen LogP contribution < -0.4 is 5.84 Å². The number of aliphatic imine (C=N–C) groups is 1. The van der Waals surface area contributed by atoms with Crippen LogP contribution in [0, 0.1) is 17.5 Å². The molecule has 1 aliphatic rings. The number of hydrogen-bond acceptors (Lipinski definition) is 8. The standard InChI is InChI=1S/C20H16Cl2F3N3O4S/c21-10-2-1-9(5-11(10)22)33-20-19(31)17(18(30)15(7-29)32-20)27-6-14(28-26)8-3-12(23)16(25)13(24)4-8/h1-6,15,17-18,29-31H,7,26H2/t15?,17?,18-/m0/s1. The first-order valence-corrected chi connectivity index (χ1v) is 10.7. The van der Waals surface area contributed by atoms with Gasteiger partial charge in [0.25, 0.3) is 0 Å². The van der Waals surface area contributed by atoms with Crippen molar-refractivity contribution in [3.8, 4) is 0 Å². The first kappa shape index (κ1) is 25.2. The Morgan fingerprint density at radius 2 is 1.82 bits per heavy atom. The minimum atomic E-state index is -1.66. The SMILES string of the molecule is NN=C(C=NC1C(O)=C(Sc2ccc(Cl)c(Cl)c2)OC(CO)[C@@H]1O)c1cc(F)c(F)c(F)c1. The van der Waals surface area contributed by atoms with Gasteiger partial charge in [-0.05, 0) is 42.1 Å². The molecule has 0 bridgehead atoms. The zero-order chi connectivity index (χ0) is 24.3. The van der Waals surface area contributed by atoms with Crippen molar-refractivity contribution in [2.75, 3.05) is 6.61 Å². The molecule has 0 aromatic heterocycles. The monoisotopic (exact) mass is 521 g/mol. The van der Waals surface area contributed by atoms with Crippen LogP contribution in [0.1, 0.15) is 5.56 Å². The highest BCUT2D eigenvalue weighted by Gasteiger charge is 2.39. The molecule has 176 valence electrons. The first-order valence-electron chi connectivity index (χ1n) is 9.13. The van der Waals surface area contributed by atoms with E-state index < -0.39 is 48.1 Å². The number of aliphatic hydroxyl groups is 3. The summed E-state index contributed by atoms with van der Waals surface area (Å²) in [6.45, 7) is -0.613. The van der Waals surface area contributed by atoms with Crippen LogP contribution in [-0.4, -0.2) is 52.1 Å². The van der Waals surface area contributed by atoms with Crippen molar-refractivity contribution in [3.63, 3.8) is 0 Å². The van der Waals surface area contributed by atoms with E-state index in [2.05, 4.69) is 10.1 Å². The van der Waals surface area contributed by atoms with Gasteiger partial charge in [0.1, 0.15) is 17.9 Å². The molecular weight excluding hydrogens is 506 g/mol. The number of ether oxygens (including phenoxy) is 1. The highest BCUT2D eigenvalue weighted by Crippen LogP contribution is 2.38. The Bertz CT molecular complexity index is 1130. The number of benzene rings is 2. The summed E-state index contributed by atoms with van der Waals surface area (Å²) in [5.74, 6) is 0.181. The smallest absolute Gasteiger partial charge is 0.198 e. The van der Waals surface area contributed by atoms with Gasteiger partial charge >= 0.3 is 0 Å². The maximum atomic E-state index is 13.6. The quantitative estimate of drug-likeness (QED) is 0.198. The summed E-state index contributed by atoms with van der Waals surface area (Å²) < 4.78 is 45.8. The average Bonchev–Trinajstić information content (AvgIpc) is 2.78. The number of thioether (sulfide) groups is 1. The zero-order valence-corrected chi connectivity index (χ0v) is 18.8. The van der Waals surface area contributed by atoms with E-state index in [0.29, 0.717) is 22.1 Å². The predicted molar refractivity (Wildman–Crippen MR) is 119 cm³/mol. The summed E-state index contributed by atoms with van der Waals surface area (Å²) in [6.07, 6.45) is -1.71. The van der Waals surface area contributed by atoms with Crippen LogP contribution in [0.4, 0.5) is 13.2 Å². The Kier molecular flexibility index (Phi) is 8.14. The van der Waals surface area contributed by atoms with E-state index in [1.54, 1.807) is 6.07 Å². The first-order chi connectivity index (χ1) is 15.7. The lowest BCUT2D eigenvalue weighted by Gasteiger charge is -2.33. The second kappa shape index (κ2) is 10.7. The van der Waals surface area contributed by atoms with Crippen LogP contribution in [0.15, 0.2) is 56.2 Å². The van der Waals surface area contributed by atoms with Gasteiger partial charge in [-0.2, -0.15) is 5.10 Å². The highest BCUT2D eigenvalue weighted by molar-refractivity contribution is 8.03. The van der Waals surface area contributed by atoms with E-state index >= 15 is 0 Å². The molecule has 3 rings (SSSR count). The lowest BCUT2D eigenvalue weighted by molar-refractivity contribution is -0.0564. The van der Waals surface area contributed by atoms with Crippen molar-refractivity contribution < 1.29 is 33.2 Å². The fourth-order valence-electron chi connectivity index (χ4n) is 2.82. The van der Waals surface area contributed by atoms with Crippen LogP contribution in [0.3, 0.4) is 0 Å². The van der Waals surface area contributed by atoms with Gasteiger partial charge in [0.05, 0.1) is 22.9 Å². The van der Waals surface area contributed by atoms with E-state index in [-0.39, 0.29) is 21.4 Å². The Labute approximate surface area is 200 Å². The number of halogens is 5. The van der Waals surface area contributed by atoms with Gasteiger partial charge in [0.2, 0.25) is 0 Å². The van der Waals surface area contributed by atoms with E-state index in [1.807, 2.05) is 0 Å². The van der Waals surface area contributed by atoms with E-state index in [1.165, 1.54) is 12.1 Å². The summed E-state index contributed by atoms with van der Waals surface area (Å²) in [4.78, 5) is 4.54. The topological polar surface area (TPSA) is 121 Å². The number of aliphatic hydroxyl groups excluding tert-OH is 3. The molecule has 0 fully saturated rings. The van der Waals surface area contributed by atoms with Gasteiger partial charge in [-0.1, -0.05) is 23.2 Å². The molecule has 1 aliphatic heterocycles. The lowest BCUT2D eigenvalue weighted by atomic mass is 10.0. The molecule has 0 radical (unpaired) electrons. The predicted octanol–water partition coefficient (Wildman–Crippen LogP) is 3.78. The maximum absolute atomic E-state index is 13.6. The molecule has 2 unspecified atom stereocenters. The summed E-state index contributed by atoms with van der Waals surface area (Å²) in [6, 6.07) is 4.63. The fraction of sp³-hybridized carbons (Fsp3) is 0.200. The number of nitrogens with two attached hydrogens (primary N) is 1. The van der Waals surface area contributed by atoms with Crippen LogP contribution in [0.2, 0.25) is 10.0 Å². The van der Waals surface area contributed by atoms with E-state index in [0.717, 1.165) is 18.0 Å². The third kappa shape index (κ3) is 5.56. The average molecular weight is 522 g/mol. The van der Waals surface area contributed by atoms with Crippen molar-refractivity contribution >= 4 is 46.9 Å². The van der Waals surface area contributed by atoms with Crippen LogP contribution in [0.25, 0.3) is 0 Å². The number of rotatable bonds is 6. The molecule has 7 nitrogen and oxygen atoms in total. The minimum Gasteiger partial charge on any atom is -0.506 e. The maximum Gasteiger partial charge on any atom is 0.198 e. The van der Waals surface area contributed by atoms with Crippen molar-refractivity contribution in [2.24, 2.45) is 15.9 Å². The molecular formula is C20H16Cl2F3N3O4S. The van der Waals surface area contributed by atoms with Crippen molar-refractivity contribution in [2.45, 2.75) is 23.1 Å². The Morgan fingerprint density at radius 3 is 2.39 bits per heavy atom. The summed E-state index contributed by atoms with van der Waals surface area (Å²) in [5, 5.41) is 34.6. The van der Waals surface area contributed by atoms with E-state index in [4.69, 9.17) is 33.8 Å². The Hall–Kier alpha value is -2.44. The van der Waals surface area contributed by atoms with Crippen LogP contribution in [-0.2, 0) is 4.74 Å². The molecule has 2 aromatic carbocycles. The Morgan fingerprint density at radius 1 is 1.15 bits per heavy atom. The molecule has 1 heterocycles. The third-order valence-corrected chi connectivity index (χ3v) is 6.23. The molecule has 2 aromatic rings. The number of hydrogen-bond donors (Lipinski definition) is 4. The minimum absolute atomic E-state index is 0.0787.